The van der Waals surface area contributed by atoms with Crippen LogP contribution in [0.25, 0.3) is 0 Å². The van der Waals surface area contributed by atoms with Crippen molar-refractivity contribution in [2.75, 3.05) is 47.8 Å². The Kier molecular flexibility index (Phi) is 2.27. The molecule has 0 N–H and O–H groups in total. The van der Waals surface area contributed by atoms with Gasteiger partial charge >= 0.3 is 0 Å². The number of fused-ring (bicyclic) bond motifs is 2. The Morgan fingerprint density at radius 1 is 0.524 bits per heavy atom. The van der Waals surface area contributed by atoms with Gasteiger partial charge in [-0.3, -0.25) is 0 Å². The van der Waals surface area contributed by atoms with Gasteiger partial charge in [-0.25, -0.2) is 0 Å². The molecule has 2 heterocycles. The lowest BCUT2D eigenvalue weighted by Crippen LogP contribution is -2.71. The molecule has 0 aromatic heterocycles. The van der Waals surface area contributed by atoms with E-state index in [1.165, 1.54) is 22.7 Å². The van der Waals surface area contributed by atoms with Crippen molar-refractivity contribution in [3.05, 3.63) is 48.5 Å². The largest absolute Gasteiger partial charge is 0.315 e. The summed E-state index contributed by atoms with van der Waals surface area (Å²) in [5.74, 6) is -0.326. The van der Waals surface area contributed by atoms with Gasteiger partial charge in [-0.1, -0.05) is 24.3 Å². The molecule has 0 atom stereocenters. The van der Waals surface area contributed by atoms with Crippen LogP contribution in [-0.2, 0) is 0 Å². The van der Waals surface area contributed by atoms with Crippen molar-refractivity contribution >= 4 is 22.7 Å². The van der Waals surface area contributed by atoms with Crippen LogP contribution in [0.5, 0.6) is 0 Å². The molecule has 0 radical (unpaired) electrons. The molecule has 4 nitrogen and oxygen atoms in total. The highest BCUT2D eigenvalue weighted by Gasteiger charge is 2.57. The molecule has 21 heavy (non-hydrogen) atoms. The Morgan fingerprint density at radius 2 is 0.762 bits per heavy atom. The molecule has 0 fully saturated rings. The molecule has 2 aliphatic rings. The molecule has 4 rings (SSSR count). The number of hydrogen-bond donors (Lipinski definition) is 0. The predicted molar refractivity (Wildman–Crippen MR) is 89.2 cm³/mol. The minimum Gasteiger partial charge on any atom is -0.315 e. The van der Waals surface area contributed by atoms with Gasteiger partial charge < -0.3 is 19.6 Å². The van der Waals surface area contributed by atoms with Gasteiger partial charge in [-0.05, 0) is 24.3 Å². The molecule has 0 aliphatic carbocycles. The fraction of sp³-hybridized carbons (Fsp3) is 0.294. The van der Waals surface area contributed by atoms with Crippen LogP contribution in [-0.4, -0.2) is 34.1 Å². The summed E-state index contributed by atoms with van der Waals surface area (Å²) in [5, 5.41) is 0. The molecule has 1 spiro atoms. The van der Waals surface area contributed by atoms with E-state index in [1.807, 2.05) is 0 Å². The lowest BCUT2D eigenvalue weighted by Gasteiger charge is -2.49. The summed E-state index contributed by atoms with van der Waals surface area (Å²) < 4.78 is 0. The first-order chi connectivity index (χ1) is 10.1. The summed E-state index contributed by atoms with van der Waals surface area (Å²) in [6, 6.07) is 17.1. The summed E-state index contributed by atoms with van der Waals surface area (Å²) in [6.07, 6.45) is 0. The highest BCUT2D eigenvalue weighted by atomic mass is 15.7. The highest BCUT2D eigenvalue weighted by Crippen LogP contribution is 2.53. The van der Waals surface area contributed by atoms with Crippen LogP contribution in [0.1, 0.15) is 0 Å². The van der Waals surface area contributed by atoms with Crippen molar-refractivity contribution in [1.82, 2.24) is 0 Å². The third-order valence-electron chi connectivity index (χ3n) is 5.01. The highest BCUT2D eigenvalue weighted by molar-refractivity contribution is 5.89. The van der Waals surface area contributed by atoms with Crippen LogP contribution in [0.2, 0.25) is 0 Å². The Balaban J connectivity index is 1.95. The summed E-state index contributed by atoms with van der Waals surface area (Å²) in [5.41, 5.74) is 5.02. The van der Waals surface area contributed by atoms with Gasteiger partial charge in [0.1, 0.15) is 0 Å². The van der Waals surface area contributed by atoms with Gasteiger partial charge in [0, 0.05) is 28.2 Å². The summed E-state index contributed by atoms with van der Waals surface area (Å²) in [4.78, 5) is 9.40. The molecule has 2 aromatic carbocycles. The molecule has 108 valence electrons. The van der Waals surface area contributed by atoms with E-state index in [4.69, 9.17) is 0 Å². The normalized spacial score (nSPS) is 18.5. The third-order valence-corrected chi connectivity index (χ3v) is 5.01. The molecule has 4 heteroatoms. The molecule has 0 saturated heterocycles. The van der Waals surface area contributed by atoms with Gasteiger partial charge in [0.2, 0.25) is 0 Å². The van der Waals surface area contributed by atoms with Gasteiger partial charge in [-0.15, -0.1) is 0 Å². The topological polar surface area (TPSA) is 13.0 Å². The number of rotatable bonds is 0. The molecule has 0 amide bonds. The lowest BCUT2D eigenvalue weighted by atomic mass is 10.3. The second-order valence-electron chi connectivity index (χ2n) is 5.81. The second kappa shape index (κ2) is 3.85. The van der Waals surface area contributed by atoms with E-state index in [-0.39, 0.29) is 5.91 Å². The van der Waals surface area contributed by atoms with E-state index in [1.54, 1.807) is 0 Å². The number of nitrogens with zero attached hydrogens (tertiary/aromatic N) is 4. The maximum absolute atomic E-state index is 2.35. The quantitative estimate of drug-likeness (QED) is 0.735. The smallest absolute Gasteiger partial charge is 0.277 e. The van der Waals surface area contributed by atoms with E-state index >= 15 is 0 Å². The van der Waals surface area contributed by atoms with Crippen molar-refractivity contribution in [2.45, 2.75) is 5.91 Å². The molecule has 0 bridgehead atoms. The molecule has 2 aromatic rings. The number of anilines is 4. The molecule has 2 aliphatic heterocycles. The van der Waals surface area contributed by atoms with E-state index in [0.29, 0.717) is 0 Å². The second-order valence-corrected chi connectivity index (χ2v) is 5.81. The monoisotopic (exact) mass is 280 g/mol. The van der Waals surface area contributed by atoms with Gasteiger partial charge in [0.05, 0.1) is 22.7 Å². The van der Waals surface area contributed by atoms with Crippen LogP contribution >= 0.6 is 0 Å². The summed E-state index contributed by atoms with van der Waals surface area (Å²) >= 11 is 0. The minimum atomic E-state index is -0.326. The lowest BCUT2D eigenvalue weighted by molar-refractivity contribution is 0.423. The van der Waals surface area contributed by atoms with Crippen LogP contribution in [0.15, 0.2) is 48.5 Å². The molecule has 0 saturated carbocycles. The van der Waals surface area contributed by atoms with Gasteiger partial charge in [0.25, 0.3) is 5.91 Å². The summed E-state index contributed by atoms with van der Waals surface area (Å²) in [7, 11) is 8.67. The number of hydrogen-bond acceptors (Lipinski definition) is 4. The van der Waals surface area contributed by atoms with Crippen LogP contribution in [0.3, 0.4) is 0 Å². The maximum Gasteiger partial charge on any atom is 0.277 e. The third kappa shape index (κ3) is 1.21. The van der Waals surface area contributed by atoms with Crippen LogP contribution in [0.4, 0.5) is 22.7 Å². The van der Waals surface area contributed by atoms with Gasteiger partial charge in [0.15, 0.2) is 0 Å². The maximum atomic E-state index is 2.35. The first-order valence-electron chi connectivity index (χ1n) is 7.23. The number of para-hydroxylation sites is 4. The molecular weight excluding hydrogens is 260 g/mol. The van der Waals surface area contributed by atoms with Crippen LogP contribution in [0, 0.1) is 0 Å². The first kappa shape index (κ1) is 12.4. The average Bonchev–Trinajstić information content (AvgIpc) is 2.89. The summed E-state index contributed by atoms with van der Waals surface area (Å²) in [6.45, 7) is 0. The molecular formula is C17H20N4. The fourth-order valence-corrected chi connectivity index (χ4v) is 4.06. The fourth-order valence-electron chi connectivity index (χ4n) is 4.06. The van der Waals surface area contributed by atoms with E-state index in [2.05, 4.69) is 96.3 Å². The van der Waals surface area contributed by atoms with Crippen molar-refractivity contribution in [1.29, 1.82) is 0 Å². The number of benzene rings is 2. The van der Waals surface area contributed by atoms with Gasteiger partial charge in [-0.2, -0.15) is 0 Å². The van der Waals surface area contributed by atoms with Crippen molar-refractivity contribution < 1.29 is 0 Å². The van der Waals surface area contributed by atoms with Crippen LogP contribution < -0.4 is 19.6 Å². The average molecular weight is 280 g/mol. The minimum absolute atomic E-state index is 0.326. The van der Waals surface area contributed by atoms with E-state index in [9.17, 15) is 0 Å². The Hall–Kier alpha value is -2.36. The van der Waals surface area contributed by atoms with Crippen molar-refractivity contribution in [3.63, 3.8) is 0 Å². The predicted octanol–water partition coefficient (Wildman–Crippen LogP) is 2.77. The Morgan fingerprint density at radius 3 is 1.00 bits per heavy atom. The van der Waals surface area contributed by atoms with E-state index < -0.39 is 0 Å². The zero-order valence-electron chi connectivity index (χ0n) is 12.9. The Labute approximate surface area is 125 Å². The SMILES string of the molecule is CN1c2ccccc2N(C)C12N(C)c1ccccc1N2C. The zero-order chi connectivity index (χ0) is 14.8. The first-order valence-corrected chi connectivity index (χ1v) is 7.23. The van der Waals surface area contributed by atoms with E-state index in [0.717, 1.165) is 0 Å². The van der Waals surface area contributed by atoms with Crippen molar-refractivity contribution in [3.8, 4) is 0 Å². The molecule has 0 unspecified atom stereocenters. The van der Waals surface area contributed by atoms with Crippen molar-refractivity contribution in [2.24, 2.45) is 0 Å². The standard InChI is InChI=1S/C17H20N4/c1-18-13-9-5-6-10-14(13)19(2)17(18)20(3)15-11-7-8-12-16(15)21(17)4/h5-12H,1-4H3. The zero-order valence-corrected chi connectivity index (χ0v) is 12.9. The Bertz CT molecular complexity index is 588.